The summed E-state index contributed by atoms with van der Waals surface area (Å²) in [6.45, 7) is 9.33. The maximum Gasteiger partial charge on any atom is 0.327 e. The van der Waals surface area contributed by atoms with Crippen LogP contribution >= 0.6 is 0 Å². The molecule has 1 aliphatic rings. The number of rotatable bonds is 4. The lowest BCUT2D eigenvalue weighted by atomic mass is 10.0. The van der Waals surface area contributed by atoms with Gasteiger partial charge in [-0.3, -0.25) is 10.1 Å². The summed E-state index contributed by atoms with van der Waals surface area (Å²) in [6, 6.07) is 4.13. The fourth-order valence-electron chi connectivity index (χ4n) is 2.90. The zero-order valence-electron chi connectivity index (χ0n) is 11.7. The van der Waals surface area contributed by atoms with Crippen molar-refractivity contribution in [2.45, 2.75) is 27.7 Å². The number of nitro benzene ring substituents is 1. The first-order chi connectivity index (χ1) is 8.69. The third-order valence-electron chi connectivity index (χ3n) is 4.99. The maximum absolute atomic E-state index is 13.5. The topological polar surface area (TPSA) is 55.2 Å². The summed E-state index contributed by atoms with van der Waals surface area (Å²) in [5.74, 6) is -0.382. The Labute approximate surface area is 112 Å². The van der Waals surface area contributed by atoms with Crippen LogP contribution in [0.25, 0.3) is 0 Å². The lowest BCUT2D eigenvalue weighted by Gasteiger charge is -2.08. The maximum atomic E-state index is 13.5. The fourth-order valence-corrected chi connectivity index (χ4v) is 2.90. The van der Waals surface area contributed by atoms with Crippen molar-refractivity contribution in [3.8, 4) is 0 Å². The standard InChI is InChI=1S/C14H19FN2O2/c1-13(2)11(14(13,3)4)8-16-10-7-5-6-9(15)12(10)17(18)19/h5-7,11,16H,8H2,1-4H3. The van der Waals surface area contributed by atoms with Crippen LogP contribution in [0.1, 0.15) is 27.7 Å². The Balaban J connectivity index is 2.14. The second-order valence-corrected chi connectivity index (χ2v) is 6.27. The monoisotopic (exact) mass is 266 g/mol. The Bertz CT molecular complexity index is 512. The molecule has 2 rings (SSSR count). The van der Waals surface area contributed by atoms with Crippen LogP contribution in [-0.4, -0.2) is 11.5 Å². The van der Waals surface area contributed by atoms with E-state index in [-0.39, 0.29) is 16.5 Å². The van der Waals surface area contributed by atoms with Crippen molar-refractivity contribution in [3.63, 3.8) is 0 Å². The molecule has 1 aromatic rings. The average Bonchev–Trinajstić information content (AvgIpc) is 2.66. The van der Waals surface area contributed by atoms with Crippen LogP contribution < -0.4 is 5.32 Å². The molecule has 0 unspecified atom stereocenters. The van der Waals surface area contributed by atoms with E-state index in [1.165, 1.54) is 6.07 Å². The summed E-state index contributed by atoms with van der Waals surface area (Å²) in [6.07, 6.45) is 0. The number of hydrogen-bond donors (Lipinski definition) is 1. The van der Waals surface area contributed by atoms with Crippen LogP contribution in [0, 0.1) is 32.7 Å². The molecule has 0 saturated heterocycles. The lowest BCUT2D eigenvalue weighted by Crippen LogP contribution is -2.10. The highest BCUT2D eigenvalue weighted by Gasteiger charge is 2.64. The summed E-state index contributed by atoms with van der Waals surface area (Å²) < 4.78 is 13.5. The summed E-state index contributed by atoms with van der Waals surface area (Å²) in [5.41, 5.74) is 0.173. The van der Waals surface area contributed by atoms with Gasteiger partial charge in [0.1, 0.15) is 5.69 Å². The highest BCUT2D eigenvalue weighted by molar-refractivity contribution is 5.62. The molecule has 0 spiro atoms. The highest BCUT2D eigenvalue weighted by atomic mass is 19.1. The molecule has 5 heteroatoms. The van der Waals surface area contributed by atoms with E-state index in [2.05, 4.69) is 33.0 Å². The number of nitro groups is 1. The Morgan fingerprint density at radius 3 is 2.37 bits per heavy atom. The molecule has 1 aromatic carbocycles. The van der Waals surface area contributed by atoms with E-state index in [1.807, 2.05) is 0 Å². The molecule has 0 radical (unpaired) electrons. The first-order valence-electron chi connectivity index (χ1n) is 6.36. The smallest absolute Gasteiger partial charge is 0.327 e. The van der Waals surface area contributed by atoms with Crippen molar-refractivity contribution in [1.29, 1.82) is 0 Å². The van der Waals surface area contributed by atoms with Gasteiger partial charge in [0.05, 0.1) is 4.92 Å². The second-order valence-electron chi connectivity index (χ2n) is 6.27. The summed E-state index contributed by atoms with van der Waals surface area (Å²) in [4.78, 5) is 10.2. The van der Waals surface area contributed by atoms with Crippen LogP contribution in [0.4, 0.5) is 15.8 Å². The molecule has 0 atom stereocenters. The minimum Gasteiger partial charge on any atom is -0.379 e. The Hall–Kier alpha value is -1.65. The van der Waals surface area contributed by atoms with Gasteiger partial charge in [-0.25, -0.2) is 0 Å². The first-order valence-corrected chi connectivity index (χ1v) is 6.36. The van der Waals surface area contributed by atoms with Gasteiger partial charge in [0.15, 0.2) is 0 Å². The lowest BCUT2D eigenvalue weighted by molar-refractivity contribution is -0.386. The number of halogens is 1. The minimum absolute atomic E-state index is 0.197. The van der Waals surface area contributed by atoms with Crippen LogP contribution in [0.3, 0.4) is 0 Å². The van der Waals surface area contributed by atoms with Crippen molar-refractivity contribution < 1.29 is 9.31 Å². The molecule has 1 fully saturated rings. The predicted molar refractivity (Wildman–Crippen MR) is 72.6 cm³/mol. The van der Waals surface area contributed by atoms with E-state index in [1.54, 1.807) is 6.07 Å². The van der Waals surface area contributed by atoms with E-state index >= 15 is 0 Å². The normalized spacial score (nSPS) is 20.1. The van der Waals surface area contributed by atoms with Crippen molar-refractivity contribution in [3.05, 3.63) is 34.1 Å². The molecule has 0 amide bonds. The van der Waals surface area contributed by atoms with Crippen LogP contribution in [0.2, 0.25) is 0 Å². The highest BCUT2D eigenvalue weighted by Crippen LogP contribution is 2.68. The van der Waals surface area contributed by atoms with Crippen molar-refractivity contribution in [1.82, 2.24) is 0 Å². The van der Waals surface area contributed by atoms with E-state index in [0.717, 1.165) is 6.07 Å². The molecule has 0 aromatic heterocycles. The van der Waals surface area contributed by atoms with Gasteiger partial charge in [-0.15, -0.1) is 0 Å². The number of para-hydroxylation sites is 1. The minimum atomic E-state index is -0.802. The van der Waals surface area contributed by atoms with Crippen LogP contribution in [-0.2, 0) is 0 Å². The summed E-state index contributed by atoms with van der Waals surface area (Å²) >= 11 is 0. The van der Waals surface area contributed by atoms with Gasteiger partial charge in [-0.2, -0.15) is 4.39 Å². The molecule has 104 valence electrons. The van der Waals surface area contributed by atoms with Gasteiger partial charge < -0.3 is 5.32 Å². The predicted octanol–water partition coefficient (Wildman–Crippen LogP) is 3.83. The van der Waals surface area contributed by atoms with Gasteiger partial charge in [0.2, 0.25) is 5.82 Å². The Morgan fingerprint density at radius 2 is 1.89 bits per heavy atom. The van der Waals surface area contributed by atoms with Crippen LogP contribution in [0.15, 0.2) is 18.2 Å². The Morgan fingerprint density at radius 1 is 1.32 bits per heavy atom. The zero-order valence-corrected chi connectivity index (χ0v) is 11.7. The quantitative estimate of drug-likeness (QED) is 0.665. The van der Waals surface area contributed by atoms with Crippen molar-refractivity contribution in [2.75, 3.05) is 11.9 Å². The van der Waals surface area contributed by atoms with Crippen molar-refractivity contribution in [2.24, 2.45) is 16.7 Å². The van der Waals surface area contributed by atoms with Gasteiger partial charge >= 0.3 is 5.69 Å². The molecule has 0 aliphatic heterocycles. The van der Waals surface area contributed by atoms with E-state index in [0.29, 0.717) is 12.5 Å². The van der Waals surface area contributed by atoms with Gasteiger partial charge in [-0.05, 0) is 28.9 Å². The third kappa shape index (κ3) is 2.07. The largest absolute Gasteiger partial charge is 0.379 e. The molecule has 1 N–H and O–H groups in total. The fraction of sp³-hybridized carbons (Fsp3) is 0.571. The first kappa shape index (κ1) is 13.8. The molecular formula is C14H19FN2O2. The molecule has 1 aliphatic carbocycles. The second kappa shape index (κ2) is 4.18. The van der Waals surface area contributed by atoms with Crippen LogP contribution in [0.5, 0.6) is 0 Å². The molecule has 1 saturated carbocycles. The Kier molecular flexibility index (Phi) is 3.03. The number of nitrogens with one attached hydrogen (secondary N) is 1. The number of nitrogens with zero attached hydrogens (tertiary/aromatic N) is 1. The summed E-state index contributed by atoms with van der Waals surface area (Å²) in [7, 11) is 0. The average molecular weight is 266 g/mol. The van der Waals surface area contributed by atoms with Crippen molar-refractivity contribution >= 4 is 11.4 Å². The third-order valence-corrected chi connectivity index (χ3v) is 4.99. The summed E-state index contributed by atoms with van der Waals surface area (Å²) in [5, 5.41) is 13.9. The van der Waals surface area contributed by atoms with E-state index < -0.39 is 16.4 Å². The van der Waals surface area contributed by atoms with Gasteiger partial charge in [-0.1, -0.05) is 33.8 Å². The SMILES string of the molecule is CC1(C)C(CNc2cccc(F)c2[N+](=O)[O-])C1(C)C. The molecule has 4 nitrogen and oxygen atoms in total. The van der Waals surface area contributed by atoms with Gasteiger partial charge in [0.25, 0.3) is 0 Å². The van der Waals surface area contributed by atoms with E-state index in [9.17, 15) is 14.5 Å². The number of anilines is 1. The zero-order chi connectivity index (χ0) is 14.4. The molecule has 19 heavy (non-hydrogen) atoms. The van der Waals surface area contributed by atoms with Gasteiger partial charge in [0, 0.05) is 6.54 Å². The molecular weight excluding hydrogens is 247 g/mol. The van der Waals surface area contributed by atoms with E-state index in [4.69, 9.17) is 0 Å². The number of benzene rings is 1. The molecule has 0 bridgehead atoms. The molecule has 0 heterocycles. The number of hydrogen-bond acceptors (Lipinski definition) is 3.